The lowest BCUT2D eigenvalue weighted by molar-refractivity contribution is -0.142. The van der Waals surface area contributed by atoms with Gasteiger partial charge in [-0.2, -0.15) is 0 Å². The van der Waals surface area contributed by atoms with Crippen LogP contribution in [0.25, 0.3) is 10.9 Å². The maximum Gasteiger partial charge on any atom is 0.326 e. The molecule has 4 atom stereocenters. The SMILES string of the molecule is NCCCCC(NC(=O)C(N)Cc1cnc[nH]1)C(=O)NC(CCC(N)=O)C(=O)NC(Cc1c[nH]c2ccccc12)C(=O)O. The number of hydrogen-bond donors (Lipinski definition) is 9. The molecule has 15 heteroatoms. The molecule has 0 radical (unpaired) electrons. The fourth-order valence-electron chi connectivity index (χ4n) is 4.59. The third-order valence-electron chi connectivity index (χ3n) is 6.94. The molecule has 0 bridgehead atoms. The summed E-state index contributed by atoms with van der Waals surface area (Å²) in [6.45, 7) is 0.373. The Morgan fingerprint density at radius 1 is 0.884 bits per heavy atom. The second-order valence-electron chi connectivity index (χ2n) is 10.3. The molecule has 0 aliphatic carbocycles. The van der Waals surface area contributed by atoms with Gasteiger partial charge in [-0.05, 0) is 43.9 Å². The van der Waals surface area contributed by atoms with Crippen LogP contribution in [0, 0.1) is 0 Å². The summed E-state index contributed by atoms with van der Waals surface area (Å²) in [6, 6.07) is 2.63. The fourth-order valence-corrected chi connectivity index (χ4v) is 4.59. The third-order valence-corrected chi connectivity index (χ3v) is 6.94. The number of aromatic nitrogens is 3. The number of benzene rings is 1. The Labute approximate surface area is 247 Å². The Morgan fingerprint density at radius 2 is 1.56 bits per heavy atom. The highest BCUT2D eigenvalue weighted by atomic mass is 16.4. The van der Waals surface area contributed by atoms with Gasteiger partial charge in [0.2, 0.25) is 23.6 Å². The molecule has 43 heavy (non-hydrogen) atoms. The Morgan fingerprint density at radius 3 is 2.21 bits per heavy atom. The van der Waals surface area contributed by atoms with E-state index in [1.807, 2.05) is 24.3 Å². The van der Waals surface area contributed by atoms with Crippen LogP contribution in [-0.2, 0) is 36.8 Å². The van der Waals surface area contributed by atoms with Gasteiger partial charge in [0, 0.05) is 48.3 Å². The number of nitrogens with two attached hydrogens (primary N) is 3. The number of carboxylic acids is 1. The summed E-state index contributed by atoms with van der Waals surface area (Å²) in [5.41, 5.74) is 19.0. The topological polar surface area (TPSA) is 264 Å². The zero-order chi connectivity index (χ0) is 31.4. The second-order valence-corrected chi connectivity index (χ2v) is 10.3. The highest BCUT2D eigenvalue weighted by Crippen LogP contribution is 2.19. The molecule has 4 unspecified atom stereocenters. The lowest BCUT2D eigenvalue weighted by atomic mass is 10.0. The fraction of sp³-hybridized carbons (Fsp3) is 0.429. The number of nitrogens with one attached hydrogen (secondary N) is 5. The van der Waals surface area contributed by atoms with Crippen molar-refractivity contribution in [1.29, 1.82) is 0 Å². The van der Waals surface area contributed by atoms with Gasteiger partial charge in [0.15, 0.2) is 0 Å². The lowest BCUT2D eigenvalue weighted by Crippen LogP contribution is -2.57. The number of carboxylic acid groups (broad SMARTS) is 1. The van der Waals surface area contributed by atoms with Gasteiger partial charge in [-0.25, -0.2) is 9.78 Å². The van der Waals surface area contributed by atoms with Gasteiger partial charge in [-0.15, -0.1) is 0 Å². The van der Waals surface area contributed by atoms with Gasteiger partial charge in [-0.3, -0.25) is 19.2 Å². The van der Waals surface area contributed by atoms with Gasteiger partial charge in [0.1, 0.15) is 18.1 Å². The van der Waals surface area contributed by atoms with Crippen molar-refractivity contribution in [2.24, 2.45) is 17.2 Å². The first-order valence-corrected chi connectivity index (χ1v) is 14.0. The molecule has 3 aromatic rings. The van der Waals surface area contributed by atoms with Gasteiger partial charge >= 0.3 is 5.97 Å². The van der Waals surface area contributed by atoms with Gasteiger partial charge in [-0.1, -0.05) is 18.2 Å². The summed E-state index contributed by atoms with van der Waals surface area (Å²) in [4.78, 5) is 72.9. The average molecular weight is 598 g/mol. The van der Waals surface area contributed by atoms with Crippen LogP contribution in [0.4, 0.5) is 0 Å². The molecule has 0 saturated carbocycles. The minimum Gasteiger partial charge on any atom is -0.480 e. The Kier molecular flexibility index (Phi) is 12.2. The molecule has 12 N–H and O–H groups in total. The van der Waals surface area contributed by atoms with Crippen molar-refractivity contribution >= 4 is 40.5 Å². The predicted octanol–water partition coefficient (Wildman–Crippen LogP) is -1.06. The molecule has 0 spiro atoms. The van der Waals surface area contributed by atoms with E-state index in [1.165, 1.54) is 12.5 Å². The van der Waals surface area contributed by atoms with Crippen molar-refractivity contribution in [2.45, 2.75) is 69.1 Å². The average Bonchev–Trinajstić information content (AvgIpc) is 3.64. The number of carbonyl (C=O) groups excluding carboxylic acids is 4. The largest absolute Gasteiger partial charge is 0.480 e. The van der Waals surface area contributed by atoms with Crippen LogP contribution in [0.15, 0.2) is 43.0 Å². The number of imidazole rings is 1. The maximum absolute atomic E-state index is 13.4. The number of aromatic amines is 2. The number of H-pyrrole nitrogens is 2. The molecule has 1 aromatic carbocycles. The van der Waals surface area contributed by atoms with Crippen LogP contribution in [0.5, 0.6) is 0 Å². The van der Waals surface area contributed by atoms with Crippen molar-refractivity contribution < 1.29 is 29.1 Å². The summed E-state index contributed by atoms with van der Waals surface area (Å²) in [5.74, 6) is -4.10. The normalized spacial score (nSPS) is 13.9. The highest BCUT2D eigenvalue weighted by Gasteiger charge is 2.31. The molecule has 0 aliphatic rings. The Balaban J connectivity index is 1.72. The highest BCUT2D eigenvalue weighted by molar-refractivity contribution is 5.94. The van der Waals surface area contributed by atoms with Crippen LogP contribution >= 0.6 is 0 Å². The Bertz CT molecular complexity index is 1390. The van der Waals surface area contributed by atoms with E-state index in [0.29, 0.717) is 30.6 Å². The van der Waals surface area contributed by atoms with Crippen molar-refractivity contribution in [3.63, 3.8) is 0 Å². The molecule has 2 aromatic heterocycles. The number of hydrogen-bond acceptors (Lipinski definition) is 8. The third kappa shape index (κ3) is 9.93. The predicted molar refractivity (Wildman–Crippen MR) is 157 cm³/mol. The van der Waals surface area contributed by atoms with Crippen LogP contribution in [0.2, 0.25) is 0 Å². The van der Waals surface area contributed by atoms with Crippen molar-refractivity contribution in [1.82, 2.24) is 30.9 Å². The van der Waals surface area contributed by atoms with E-state index in [2.05, 4.69) is 30.9 Å². The minimum atomic E-state index is -1.33. The minimum absolute atomic E-state index is 0.0342. The summed E-state index contributed by atoms with van der Waals surface area (Å²) in [7, 11) is 0. The number of amides is 4. The van der Waals surface area contributed by atoms with E-state index in [9.17, 15) is 29.1 Å². The van der Waals surface area contributed by atoms with E-state index in [4.69, 9.17) is 17.2 Å². The molecular weight excluding hydrogens is 558 g/mol. The molecule has 0 aliphatic heterocycles. The number of aliphatic carboxylic acids is 1. The van der Waals surface area contributed by atoms with Gasteiger partial charge in [0.25, 0.3) is 0 Å². The molecular formula is C28H39N9O6. The van der Waals surface area contributed by atoms with E-state index < -0.39 is 53.8 Å². The van der Waals surface area contributed by atoms with E-state index in [1.54, 1.807) is 6.20 Å². The maximum atomic E-state index is 13.4. The number of nitrogens with zero attached hydrogens (tertiary/aromatic N) is 1. The first kappa shape index (κ1) is 32.8. The van der Waals surface area contributed by atoms with E-state index in [0.717, 1.165) is 10.9 Å². The van der Waals surface area contributed by atoms with Crippen LogP contribution in [-0.4, -0.2) is 80.4 Å². The lowest BCUT2D eigenvalue weighted by Gasteiger charge is -2.25. The number of carbonyl (C=O) groups is 5. The molecule has 2 heterocycles. The zero-order valence-corrected chi connectivity index (χ0v) is 23.7. The molecule has 232 valence electrons. The summed E-state index contributed by atoms with van der Waals surface area (Å²) in [5, 5.41) is 18.3. The summed E-state index contributed by atoms with van der Waals surface area (Å²) in [6.07, 6.45) is 5.62. The van der Waals surface area contributed by atoms with E-state index >= 15 is 0 Å². The molecule has 15 nitrogen and oxygen atoms in total. The monoisotopic (exact) mass is 597 g/mol. The summed E-state index contributed by atoms with van der Waals surface area (Å²) < 4.78 is 0. The first-order valence-electron chi connectivity index (χ1n) is 14.0. The molecule has 4 amide bonds. The zero-order valence-electron chi connectivity index (χ0n) is 23.7. The van der Waals surface area contributed by atoms with Gasteiger partial charge < -0.3 is 48.2 Å². The van der Waals surface area contributed by atoms with Gasteiger partial charge in [0.05, 0.1) is 12.4 Å². The van der Waals surface area contributed by atoms with Crippen LogP contribution in [0.1, 0.15) is 43.4 Å². The van der Waals surface area contributed by atoms with Crippen molar-refractivity contribution in [3.8, 4) is 0 Å². The number of primary amides is 1. The number of unbranched alkanes of at least 4 members (excludes halogenated alkanes) is 1. The molecule has 0 fully saturated rings. The van der Waals surface area contributed by atoms with Crippen LogP contribution < -0.4 is 33.2 Å². The first-order chi connectivity index (χ1) is 20.6. The van der Waals surface area contributed by atoms with Crippen LogP contribution in [0.3, 0.4) is 0 Å². The quantitative estimate of drug-likeness (QED) is 0.0807. The molecule has 0 saturated heterocycles. The molecule has 3 rings (SSSR count). The number of fused-ring (bicyclic) bond motifs is 1. The Hall–Kier alpha value is -4.76. The number of rotatable bonds is 18. The second kappa shape index (κ2) is 16.0. The van der Waals surface area contributed by atoms with E-state index in [-0.39, 0.29) is 32.1 Å². The number of para-hydroxylation sites is 1. The van der Waals surface area contributed by atoms with Crippen molar-refractivity contribution in [3.05, 3.63) is 54.2 Å². The van der Waals surface area contributed by atoms with Crippen molar-refractivity contribution in [2.75, 3.05) is 6.54 Å². The standard InChI is InChI=1S/C28H39N9O6/c29-10-4-3-7-21(35-25(39)19(30)12-17-14-32-15-34-17)26(40)36-22(8-9-24(31)38)27(41)37-23(28(42)43)11-16-13-33-20-6-2-1-5-18(16)20/h1-2,5-6,13-15,19,21-23,33H,3-4,7-12,29-30H2,(H2,31,38)(H,32,34)(H,35,39)(H,36,40)(H,37,41)(H,42,43). The summed E-state index contributed by atoms with van der Waals surface area (Å²) >= 11 is 0. The smallest absolute Gasteiger partial charge is 0.326 e.